The lowest BCUT2D eigenvalue weighted by Crippen LogP contribution is -2.42. The first-order valence-electron chi connectivity index (χ1n) is 23.0. The molecule has 0 radical (unpaired) electrons. The topological polar surface area (TPSA) is 264 Å². The van der Waals surface area contributed by atoms with Crippen molar-refractivity contribution in [1.29, 1.82) is 0 Å². The molecular formula is C49H59N13O8. The summed E-state index contributed by atoms with van der Waals surface area (Å²) >= 11 is 0. The number of carbonyl (C=O) groups excluding carboxylic acids is 5. The smallest absolute Gasteiger partial charge is 0.410 e. The summed E-state index contributed by atoms with van der Waals surface area (Å²) in [6, 6.07) is 9.43. The number of nitrogens with one attached hydrogen (secondary N) is 2. The number of fused-ring (bicyclic) bond motifs is 2. The second-order valence-electron chi connectivity index (χ2n) is 17.8. The van der Waals surface area contributed by atoms with E-state index in [0.717, 1.165) is 12.8 Å². The minimum absolute atomic E-state index is 0.0579. The van der Waals surface area contributed by atoms with Crippen LogP contribution in [0.15, 0.2) is 48.6 Å². The van der Waals surface area contributed by atoms with Gasteiger partial charge in [-0.2, -0.15) is 10.2 Å². The molecule has 5 amide bonds. The third-order valence-electron chi connectivity index (χ3n) is 11.5. The SMILES string of the molecule is CCn1nc(C)cc1C(=O)Nc1nc2cc(C(N)=O)cc(OC)c2n1C/C=C/Cn1c(NC(=O)c2cc(C)nn2CC)nc2cc(C(N)=O)cc(OCC#CCC3CCCN(C(=O)OC(C)(C)C)C3)c21. The summed E-state index contributed by atoms with van der Waals surface area (Å²) in [5, 5.41) is 14.7. The Morgan fingerprint density at radius 2 is 1.29 bits per heavy atom. The fraction of sp³-hybridized carbons (Fsp3) is 0.408. The molecule has 0 saturated carbocycles. The molecule has 0 bridgehead atoms. The molecule has 368 valence electrons. The third kappa shape index (κ3) is 11.2. The number of rotatable bonds is 16. The van der Waals surface area contributed by atoms with Gasteiger partial charge in [0, 0.05) is 56.8 Å². The molecule has 6 N–H and O–H groups in total. The van der Waals surface area contributed by atoms with E-state index >= 15 is 0 Å². The minimum atomic E-state index is -0.713. The normalized spacial score (nSPS) is 13.9. The van der Waals surface area contributed by atoms with Gasteiger partial charge in [-0.1, -0.05) is 24.0 Å². The van der Waals surface area contributed by atoms with Gasteiger partial charge in [0.25, 0.3) is 11.8 Å². The molecule has 1 aliphatic heterocycles. The molecule has 0 aliphatic carbocycles. The Morgan fingerprint density at radius 1 is 0.771 bits per heavy atom. The molecule has 21 heteroatoms. The number of aromatic nitrogens is 8. The van der Waals surface area contributed by atoms with Crippen LogP contribution in [0.5, 0.6) is 11.5 Å². The van der Waals surface area contributed by atoms with Gasteiger partial charge in [-0.25, -0.2) is 14.8 Å². The van der Waals surface area contributed by atoms with E-state index in [1.165, 1.54) is 31.4 Å². The van der Waals surface area contributed by atoms with E-state index < -0.39 is 29.2 Å². The lowest BCUT2D eigenvalue weighted by molar-refractivity contribution is 0.0168. The minimum Gasteiger partial charge on any atom is -0.494 e. The quantitative estimate of drug-likeness (QED) is 0.0661. The van der Waals surface area contributed by atoms with Gasteiger partial charge in [0.05, 0.1) is 29.5 Å². The van der Waals surface area contributed by atoms with Crippen LogP contribution in [0.4, 0.5) is 16.7 Å². The van der Waals surface area contributed by atoms with E-state index in [1.54, 1.807) is 49.4 Å². The zero-order valence-electron chi connectivity index (χ0n) is 40.7. The Bertz CT molecular complexity index is 3080. The Hall–Kier alpha value is -8.15. The van der Waals surface area contributed by atoms with E-state index in [4.69, 9.17) is 35.6 Å². The number of anilines is 2. The van der Waals surface area contributed by atoms with Crippen LogP contribution < -0.4 is 31.6 Å². The molecule has 2 aromatic carbocycles. The van der Waals surface area contributed by atoms with E-state index in [2.05, 4.69) is 32.7 Å². The zero-order chi connectivity index (χ0) is 50.4. The van der Waals surface area contributed by atoms with Gasteiger partial charge in [0.1, 0.15) is 46.1 Å². The Morgan fingerprint density at radius 3 is 1.77 bits per heavy atom. The maximum absolute atomic E-state index is 13.9. The molecule has 0 spiro atoms. The van der Waals surface area contributed by atoms with Crippen LogP contribution in [0.3, 0.4) is 0 Å². The van der Waals surface area contributed by atoms with Gasteiger partial charge >= 0.3 is 6.09 Å². The number of ether oxygens (including phenoxy) is 3. The van der Waals surface area contributed by atoms with Crippen LogP contribution in [-0.4, -0.2) is 106 Å². The van der Waals surface area contributed by atoms with E-state index in [0.29, 0.717) is 83.2 Å². The van der Waals surface area contributed by atoms with Crippen molar-refractivity contribution in [3.63, 3.8) is 0 Å². The summed E-state index contributed by atoms with van der Waals surface area (Å²) in [6.07, 6.45) is 5.60. The molecule has 6 aromatic rings. The van der Waals surface area contributed by atoms with Crippen LogP contribution in [0.2, 0.25) is 0 Å². The van der Waals surface area contributed by atoms with Gasteiger partial charge in [-0.3, -0.25) is 39.2 Å². The Kier molecular flexibility index (Phi) is 14.9. The summed E-state index contributed by atoms with van der Waals surface area (Å²) in [5.41, 5.74) is 14.7. The number of amides is 5. The van der Waals surface area contributed by atoms with Gasteiger partial charge < -0.3 is 39.7 Å². The van der Waals surface area contributed by atoms with Crippen LogP contribution in [0, 0.1) is 31.6 Å². The van der Waals surface area contributed by atoms with Crippen molar-refractivity contribution in [2.75, 3.05) is 37.4 Å². The van der Waals surface area contributed by atoms with Crippen molar-refractivity contribution in [3.8, 4) is 23.3 Å². The van der Waals surface area contributed by atoms with Crippen molar-refractivity contribution in [2.24, 2.45) is 17.4 Å². The number of allylic oxidation sites excluding steroid dienone is 2. The van der Waals surface area contributed by atoms with Crippen LogP contribution in [-0.2, 0) is 30.9 Å². The highest BCUT2D eigenvalue weighted by atomic mass is 16.6. The fourth-order valence-corrected chi connectivity index (χ4v) is 8.29. The van der Waals surface area contributed by atoms with Gasteiger partial charge in [0.2, 0.25) is 23.7 Å². The number of likely N-dealkylation sites (tertiary alicyclic amines) is 1. The molecule has 1 unspecified atom stereocenters. The molecule has 1 atom stereocenters. The summed E-state index contributed by atoms with van der Waals surface area (Å²) in [4.78, 5) is 76.6. The van der Waals surface area contributed by atoms with Gasteiger partial charge in [-0.05, 0) is 104 Å². The predicted molar refractivity (Wildman–Crippen MR) is 262 cm³/mol. The number of benzene rings is 2. The molecule has 5 heterocycles. The molecule has 7 rings (SSSR count). The number of aryl methyl sites for hydroxylation is 4. The molecule has 1 fully saturated rings. The summed E-state index contributed by atoms with van der Waals surface area (Å²) < 4.78 is 24.2. The van der Waals surface area contributed by atoms with Gasteiger partial charge in [-0.15, -0.1) is 0 Å². The van der Waals surface area contributed by atoms with Crippen molar-refractivity contribution < 1.29 is 38.2 Å². The number of hydrogen-bond acceptors (Lipinski definition) is 12. The molecule has 21 nitrogen and oxygen atoms in total. The number of nitrogens with two attached hydrogens (primary N) is 2. The van der Waals surface area contributed by atoms with Crippen molar-refractivity contribution in [3.05, 3.63) is 82.5 Å². The second kappa shape index (κ2) is 21.0. The highest BCUT2D eigenvalue weighted by Gasteiger charge is 2.28. The average molecular weight is 958 g/mol. The first-order chi connectivity index (χ1) is 33.4. The first-order valence-corrected chi connectivity index (χ1v) is 23.0. The van der Waals surface area contributed by atoms with Crippen molar-refractivity contribution >= 4 is 63.7 Å². The Balaban J connectivity index is 1.21. The number of hydrogen-bond donors (Lipinski definition) is 4. The molecule has 4 aromatic heterocycles. The maximum Gasteiger partial charge on any atom is 0.410 e. The zero-order valence-corrected chi connectivity index (χ0v) is 40.7. The van der Waals surface area contributed by atoms with Crippen LogP contribution in [0.25, 0.3) is 22.1 Å². The summed E-state index contributed by atoms with van der Waals surface area (Å²) in [6.45, 7) is 15.1. The van der Waals surface area contributed by atoms with Crippen molar-refractivity contribution in [2.45, 2.75) is 99.5 Å². The van der Waals surface area contributed by atoms with Crippen LogP contribution in [0.1, 0.15) is 107 Å². The maximum atomic E-state index is 13.9. The lowest BCUT2D eigenvalue weighted by Gasteiger charge is -2.33. The highest BCUT2D eigenvalue weighted by molar-refractivity contribution is 6.05. The lowest BCUT2D eigenvalue weighted by atomic mass is 9.95. The van der Waals surface area contributed by atoms with Crippen LogP contribution >= 0.6 is 0 Å². The molecule has 70 heavy (non-hydrogen) atoms. The Labute approximate surface area is 404 Å². The highest BCUT2D eigenvalue weighted by Crippen LogP contribution is 2.33. The monoisotopic (exact) mass is 957 g/mol. The number of carbonyl (C=O) groups is 5. The molecule has 1 aliphatic rings. The average Bonchev–Trinajstić information content (AvgIpc) is 4.08. The number of nitrogens with zero attached hydrogens (tertiary/aromatic N) is 9. The first kappa shape index (κ1) is 49.7. The van der Waals surface area contributed by atoms with Gasteiger partial charge in [0.15, 0.2) is 0 Å². The van der Waals surface area contributed by atoms with E-state index in [1.807, 2.05) is 46.8 Å². The predicted octanol–water partition coefficient (Wildman–Crippen LogP) is 5.82. The second-order valence-corrected chi connectivity index (χ2v) is 17.8. The van der Waals surface area contributed by atoms with E-state index in [-0.39, 0.29) is 60.5 Å². The van der Waals surface area contributed by atoms with Crippen molar-refractivity contribution in [1.82, 2.24) is 43.6 Å². The number of imidazole rings is 2. The van der Waals surface area contributed by atoms with E-state index in [9.17, 15) is 24.0 Å². The summed E-state index contributed by atoms with van der Waals surface area (Å²) in [5.74, 6) is 4.97. The number of primary amides is 2. The number of piperidine rings is 1. The largest absolute Gasteiger partial charge is 0.494 e. The third-order valence-corrected chi connectivity index (χ3v) is 11.5. The summed E-state index contributed by atoms with van der Waals surface area (Å²) in [7, 11) is 1.45. The fourth-order valence-electron chi connectivity index (χ4n) is 8.29. The standard InChI is InChI=1S/C49H59N13O8/c1-9-61-36(22-29(3)56-61)44(65)54-46-52-34-24-32(42(50)63)26-38(68-8)40(34)59(46)19-12-13-20-60-41-35(53-47(60)55-45(66)37-23-30(4)57-62(37)10-2)25-33(43(51)64)27-39(41)69-21-14-11-16-31-17-15-18-58(28-31)48(67)70-49(5,6)7/h12-13,22-27,31H,9-10,15-21,28H2,1-8H3,(H2,50,63)(H2,51,64)(H,52,54,65)(H,53,55,66)/b13-12+. The molecule has 1 saturated heterocycles. The molecular weight excluding hydrogens is 899 g/mol. The number of methoxy groups -OCH3 is 1.